The Bertz CT molecular complexity index is 147. The van der Waals surface area contributed by atoms with Gasteiger partial charge < -0.3 is 4.74 Å². The van der Waals surface area contributed by atoms with Crippen LogP contribution in [0.25, 0.3) is 0 Å². The molecule has 1 aliphatic rings. The first kappa shape index (κ1) is 10.3. The molecule has 10 heavy (non-hydrogen) atoms. The lowest BCUT2D eigenvalue weighted by Crippen LogP contribution is -2.34. The fraction of sp³-hybridized carbons (Fsp3) is 0.750. The predicted molar refractivity (Wildman–Crippen MR) is 53.5 cm³/mol. The van der Waals surface area contributed by atoms with Crippen molar-refractivity contribution >= 4 is 24.0 Å². The van der Waals surface area contributed by atoms with Gasteiger partial charge in [0, 0.05) is 5.41 Å². The summed E-state index contributed by atoms with van der Waals surface area (Å²) in [6.45, 7) is 8.56. The van der Waals surface area contributed by atoms with Gasteiger partial charge in [0.15, 0.2) is 0 Å². The Balaban J connectivity index is 0.000000810. The molecular formula is C8H15IO. The zero-order valence-corrected chi connectivity index (χ0v) is 9.30. The van der Waals surface area contributed by atoms with Crippen molar-refractivity contribution in [3.63, 3.8) is 0 Å². The standard InChI is InChI=1S/C8H14O.HI/c1-7(2)5-6-9-8(7,3)4;/h5-6H,1-4H3;1H. The van der Waals surface area contributed by atoms with Crippen LogP contribution < -0.4 is 0 Å². The summed E-state index contributed by atoms with van der Waals surface area (Å²) in [7, 11) is 0. The number of rotatable bonds is 0. The minimum Gasteiger partial charge on any atom is -0.495 e. The minimum atomic E-state index is -0.0208. The molecule has 0 N–H and O–H groups in total. The summed E-state index contributed by atoms with van der Waals surface area (Å²) in [5.41, 5.74) is 0.167. The molecule has 0 amide bonds. The van der Waals surface area contributed by atoms with E-state index in [4.69, 9.17) is 4.74 Å². The van der Waals surface area contributed by atoms with Gasteiger partial charge in [-0.25, -0.2) is 0 Å². The molecular weight excluding hydrogens is 239 g/mol. The third-order valence-electron chi connectivity index (χ3n) is 2.40. The molecule has 0 unspecified atom stereocenters. The molecule has 0 bridgehead atoms. The highest BCUT2D eigenvalue weighted by atomic mass is 127. The summed E-state index contributed by atoms with van der Waals surface area (Å²) in [4.78, 5) is 0. The first-order chi connectivity index (χ1) is 3.96. The van der Waals surface area contributed by atoms with E-state index in [0.717, 1.165) is 0 Å². The van der Waals surface area contributed by atoms with Crippen molar-refractivity contribution in [1.82, 2.24) is 0 Å². The van der Waals surface area contributed by atoms with Gasteiger partial charge >= 0.3 is 0 Å². The maximum Gasteiger partial charge on any atom is 0.111 e. The van der Waals surface area contributed by atoms with Gasteiger partial charge in [0.25, 0.3) is 0 Å². The highest BCUT2D eigenvalue weighted by Gasteiger charge is 2.39. The number of ether oxygens (including phenoxy) is 1. The molecule has 1 heterocycles. The van der Waals surface area contributed by atoms with Crippen LogP contribution in [-0.4, -0.2) is 5.60 Å². The topological polar surface area (TPSA) is 9.23 Å². The van der Waals surface area contributed by atoms with Crippen LogP contribution in [0.1, 0.15) is 27.7 Å². The van der Waals surface area contributed by atoms with Crippen molar-refractivity contribution in [3.8, 4) is 0 Å². The van der Waals surface area contributed by atoms with Crippen LogP contribution in [0.15, 0.2) is 12.3 Å². The van der Waals surface area contributed by atoms with E-state index in [2.05, 4.69) is 33.8 Å². The second-order valence-electron chi connectivity index (χ2n) is 3.65. The third kappa shape index (κ3) is 1.47. The molecule has 0 fully saturated rings. The molecule has 0 aromatic carbocycles. The maximum absolute atomic E-state index is 5.38. The van der Waals surface area contributed by atoms with Crippen molar-refractivity contribution in [2.75, 3.05) is 0 Å². The summed E-state index contributed by atoms with van der Waals surface area (Å²) in [5, 5.41) is 0. The van der Waals surface area contributed by atoms with Crippen molar-refractivity contribution < 1.29 is 4.74 Å². The van der Waals surface area contributed by atoms with Crippen LogP contribution in [0.3, 0.4) is 0 Å². The van der Waals surface area contributed by atoms with E-state index in [1.165, 1.54) is 0 Å². The van der Waals surface area contributed by atoms with Crippen LogP contribution in [0.2, 0.25) is 0 Å². The van der Waals surface area contributed by atoms with Crippen molar-refractivity contribution in [1.29, 1.82) is 0 Å². The van der Waals surface area contributed by atoms with E-state index in [0.29, 0.717) is 0 Å². The Morgan fingerprint density at radius 2 is 1.60 bits per heavy atom. The second kappa shape index (κ2) is 2.72. The van der Waals surface area contributed by atoms with E-state index in [1.807, 2.05) is 0 Å². The zero-order valence-electron chi connectivity index (χ0n) is 6.97. The Morgan fingerprint density at radius 1 is 1.10 bits per heavy atom. The normalized spacial score (nSPS) is 25.2. The maximum atomic E-state index is 5.38. The van der Waals surface area contributed by atoms with Crippen molar-refractivity contribution in [3.05, 3.63) is 12.3 Å². The average Bonchev–Trinajstić information content (AvgIpc) is 1.81. The zero-order chi connectivity index (χ0) is 7.12. The fourth-order valence-corrected chi connectivity index (χ4v) is 0.727. The van der Waals surface area contributed by atoms with Crippen LogP contribution in [-0.2, 0) is 4.74 Å². The van der Waals surface area contributed by atoms with E-state index in [-0.39, 0.29) is 35.0 Å². The predicted octanol–water partition coefficient (Wildman–Crippen LogP) is 2.95. The summed E-state index contributed by atoms with van der Waals surface area (Å²) in [5.74, 6) is 0. The van der Waals surface area contributed by atoms with Gasteiger partial charge in [-0.2, -0.15) is 0 Å². The van der Waals surface area contributed by atoms with E-state index < -0.39 is 0 Å². The van der Waals surface area contributed by atoms with E-state index in [1.54, 1.807) is 6.26 Å². The summed E-state index contributed by atoms with van der Waals surface area (Å²) in [6, 6.07) is 0. The van der Waals surface area contributed by atoms with Crippen molar-refractivity contribution in [2.24, 2.45) is 5.41 Å². The average molecular weight is 254 g/mol. The van der Waals surface area contributed by atoms with E-state index in [9.17, 15) is 0 Å². The summed E-state index contributed by atoms with van der Waals surface area (Å²) >= 11 is 0. The third-order valence-corrected chi connectivity index (χ3v) is 2.40. The SMILES string of the molecule is CC1(C)C=COC1(C)C.I. The molecule has 2 heteroatoms. The summed E-state index contributed by atoms with van der Waals surface area (Å²) < 4.78 is 5.38. The molecule has 0 saturated carbocycles. The number of hydrogen-bond donors (Lipinski definition) is 0. The Hall–Kier alpha value is 0.270. The van der Waals surface area contributed by atoms with Crippen LogP contribution in [0.5, 0.6) is 0 Å². The lowest BCUT2D eigenvalue weighted by Gasteiger charge is -2.32. The molecule has 0 aromatic heterocycles. The number of hydrogen-bond acceptors (Lipinski definition) is 1. The molecule has 1 rings (SSSR count). The molecule has 1 nitrogen and oxygen atoms in total. The van der Waals surface area contributed by atoms with Crippen LogP contribution >= 0.6 is 24.0 Å². The van der Waals surface area contributed by atoms with E-state index >= 15 is 0 Å². The van der Waals surface area contributed by atoms with Crippen molar-refractivity contribution in [2.45, 2.75) is 33.3 Å². The minimum absolute atomic E-state index is 0. The van der Waals surface area contributed by atoms with Gasteiger partial charge in [0.2, 0.25) is 0 Å². The van der Waals surface area contributed by atoms with Gasteiger partial charge in [0.05, 0.1) is 6.26 Å². The van der Waals surface area contributed by atoms with Crippen LogP contribution in [0.4, 0.5) is 0 Å². The lowest BCUT2D eigenvalue weighted by atomic mass is 9.79. The molecule has 1 aliphatic heterocycles. The largest absolute Gasteiger partial charge is 0.495 e. The molecule has 0 radical (unpaired) electrons. The quantitative estimate of drug-likeness (QED) is 0.604. The van der Waals surface area contributed by atoms with Crippen LogP contribution in [0, 0.1) is 5.41 Å². The molecule has 0 aromatic rings. The molecule has 0 saturated heterocycles. The first-order valence-corrected chi connectivity index (χ1v) is 3.31. The smallest absolute Gasteiger partial charge is 0.111 e. The van der Waals surface area contributed by atoms with Gasteiger partial charge in [0.1, 0.15) is 5.60 Å². The molecule has 60 valence electrons. The molecule has 0 aliphatic carbocycles. The number of halogens is 1. The second-order valence-corrected chi connectivity index (χ2v) is 3.65. The Morgan fingerprint density at radius 3 is 1.70 bits per heavy atom. The highest BCUT2D eigenvalue weighted by Crippen LogP contribution is 2.39. The van der Waals surface area contributed by atoms with Gasteiger partial charge in [-0.3, -0.25) is 0 Å². The highest BCUT2D eigenvalue weighted by molar-refractivity contribution is 14.0. The van der Waals surface area contributed by atoms with Gasteiger partial charge in [-0.1, -0.05) is 13.8 Å². The Labute approximate surface area is 79.9 Å². The van der Waals surface area contributed by atoms with Gasteiger partial charge in [-0.05, 0) is 19.9 Å². The fourth-order valence-electron chi connectivity index (χ4n) is 0.727. The van der Waals surface area contributed by atoms with Gasteiger partial charge in [-0.15, -0.1) is 24.0 Å². The monoisotopic (exact) mass is 254 g/mol. The Kier molecular flexibility index (Phi) is 2.79. The summed E-state index contributed by atoms with van der Waals surface area (Å²) in [6.07, 6.45) is 3.90. The lowest BCUT2D eigenvalue weighted by molar-refractivity contribution is 0.00742. The molecule has 0 atom stereocenters. The first-order valence-electron chi connectivity index (χ1n) is 3.31. The molecule has 0 spiro atoms.